The molecule has 0 fully saturated rings. The molecule has 4 nitrogen and oxygen atoms in total. The van der Waals surface area contributed by atoms with Gasteiger partial charge in [-0.3, -0.25) is 0 Å². The second-order valence-electron chi connectivity index (χ2n) is 7.65. The van der Waals surface area contributed by atoms with Crippen LogP contribution in [0, 0.1) is 5.41 Å². The first kappa shape index (κ1) is 24.8. The van der Waals surface area contributed by atoms with Crippen LogP contribution in [0.4, 0.5) is 0 Å². The molecule has 0 unspecified atom stereocenters. The Balaban J connectivity index is 4.01. The van der Waals surface area contributed by atoms with E-state index in [1.807, 2.05) is 0 Å². The van der Waals surface area contributed by atoms with Crippen molar-refractivity contribution in [3.05, 3.63) is 0 Å². The van der Waals surface area contributed by atoms with E-state index in [1.165, 1.54) is 89.9 Å². The molecule has 0 rings (SSSR count). The molecule has 0 saturated carbocycles. The van der Waals surface area contributed by atoms with E-state index in [2.05, 4.69) is 35.7 Å². The predicted octanol–water partition coefficient (Wildman–Crippen LogP) is 7.63. The molecular weight excluding hydrogens is 316 g/mol. The Bertz CT molecular complexity index is 237. The highest BCUT2D eigenvalue weighted by Crippen LogP contribution is 2.41. The first-order chi connectivity index (χ1) is 12.2. The summed E-state index contributed by atoms with van der Waals surface area (Å²) in [6, 6.07) is 0. The normalized spacial score (nSPS) is 12.0. The average Bonchev–Trinajstić information content (AvgIpc) is 2.64. The molecule has 1 N–H and O–H groups in total. The summed E-state index contributed by atoms with van der Waals surface area (Å²) in [7, 11) is 0. The molecule has 0 bridgehead atoms. The van der Waals surface area contributed by atoms with Gasteiger partial charge in [0.15, 0.2) is 0 Å². The standard InChI is InChI=1S/C21H44O4/c1-4-7-16-21(17-8-5-2,18-9-6-3)19-14-12-10-11-13-15-20-23-25-24-22/h22H,4-20H2,1-3H3. The summed E-state index contributed by atoms with van der Waals surface area (Å²) in [5.74, 6) is 0. The third-order valence-electron chi connectivity index (χ3n) is 5.45. The Labute approximate surface area is 156 Å². The van der Waals surface area contributed by atoms with Gasteiger partial charge in [0.2, 0.25) is 0 Å². The lowest BCUT2D eigenvalue weighted by atomic mass is 9.71. The van der Waals surface area contributed by atoms with Crippen molar-refractivity contribution in [2.75, 3.05) is 6.61 Å². The maximum Gasteiger partial charge on any atom is 0.0854 e. The minimum atomic E-state index is 0.467. The molecule has 0 aliphatic carbocycles. The molecule has 0 amide bonds. The fraction of sp³-hybridized carbons (Fsp3) is 1.00. The summed E-state index contributed by atoms with van der Waals surface area (Å²) >= 11 is 0. The Morgan fingerprint density at radius 3 is 1.52 bits per heavy atom. The van der Waals surface area contributed by atoms with Gasteiger partial charge in [-0.1, -0.05) is 91.4 Å². The van der Waals surface area contributed by atoms with E-state index in [0.29, 0.717) is 12.0 Å². The quantitative estimate of drug-likeness (QED) is 0.138. The first-order valence-corrected chi connectivity index (χ1v) is 10.8. The molecule has 0 aromatic heterocycles. The molecular formula is C21H44O4. The summed E-state index contributed by atoms with van der Waals surface area (Å²) in [4.78, 5) is 4.60. The molecule has 0 heterocycles. The van der Waals surface area contributed by atoms with Crippen molar-refractivity contribution in [3.8, 4) is 0 Å². The third-order valence-corrected chi connectivity index (χ3v) is 5.45. The molecule has 0 aromatic carbocycles. The van der Waals surface area contributed by atoms with Crippen LogP contribution in [0.25, 0.3) is 0 Å². The van der Waals surface area contributed by atoms with Gasteiger partial charge < -0.3 is 0 Å². The number of hydrogen-bond acceptors (Lipinski definition) is 4. The largest absolute Gasteiger partial charge is 0.219 e. The van der Waals surface area contributed by atoms with Crippen LogP contribution >= 0.6 is 0 Å². The van der Waals surface area contributed by atoms with Crippen molar-refractivity contribution in [1.82, 2.24) is 0 Å². The first-order valence-electron chi connectivity index (χ1n) is 10.8. The van der Waals surface area contributed by atoms with Crippen molar-refractivity contribution in [1.29, 1.82) is 0 Å². The van der Waals surface area contributed by atoms with Crippen LogP contribution in [0.15, 0.2) is 0 Å². The fourth-order valence-electron chi connectivity index (χ4n) is 3.83. The molecule has 152 valence electrons. The Morgan fingerprint density at radius 1 is 0.600 bits per heavy atom. The summed E-state index contributed by atoms with van der Waals surface area (Å²) in [6.45, 7) is 7.44. The highest BCUT2D eigenvalue weighted by atomic mass is 17.6. The van der Waals surface area contributed by atoms with E-state index >= 15 is 0 Å². The summed E-state index contributed by atoms with van der Waals surface area (Å²) in [5, 5.41) is 15.3. The SMILES string of the molecule is CCCCC(CCCC)(CCCC)CCCCCCCCOOOO. The van der Waals surface area contributed by atoms with Gasteiger partial charge in [0.05, 0.1) is 6.61 Å². The monoisotopic (exact) mass is 360 g/mol. The van der Waals surface area contributed by atoms with Crippen LogP contribution in [0.1, 0.15) is 124 Å². The van der Waals surface area contributed by atoms with E-state index in [-0.39, 0.29) is 0 Å². The lowest BCUT2D eigenvalue weighted by Crippen LogP contribution is -2.21. The van der Waals surface area contributed by atoms with Gasteiger partial charge in [0.1, 0.15) is 0 Å². The topological polar surface area (TPSA) is 47.9 Å². The summed E-state index contributed by atoms with van der Waals surface area (Å²) < 4.78 is 0. The van der Waals surface area contributed by atoms with Crippen LogP contribution < -0.4 is 0 Å². The Kier molecular flexibility index (Phi) is 18.5. The van der Waals surface area contributed by atoms with Crippen LogP contribution in [0.3, 0.4) is 0 Å². The zero-order valence-electron chi connectivity index (χ0n) is 17.2. The van der Waals surface area contributed by atoms with Crippen molar-refractivity contribution >= 4 is 0 Å². The highest BCUT2D eigenvalue weighted by Gasteiger charge is 2.27. The van der Waals surface area contributed by atoms with Crippen LogP contribution in [0.5, 0.6) is 0 Å². The van der Waals surface area contributed by atoms with Crippen LogP contribution in [0.2, 0.25) is 0 Å². The molecule has 25 heavy (non-hydrogen) atoms. The molecule has 0 aliphatic rings. The second kappa shape index (κ2) is 18.6. The maximum atomic E-state index is 7.95. The third kappa shape index (κ3) is 14.7. The highest BCUT2D eigenvalue weighted by molar-refractivity contribution is 4.79. The lowest BCUT2D eigenvalue weighted by Gasteiger charge is -2.35. The fourth-order valence-corrected chi connectivity index (χ4v) is 3.83. The second-order valence-corrected chi connectivity index (χ2v) is 7.65. The van der Waals surface area contributed by atoms with E-state index in [4.69, 9.17) is 5.26 Å². The number of unbranched alkanes of at least 4 members (excludes halogenated alkanes) is 8. The minimum absolute atomic E-state index is 0.467. The molecule has 0 aromatic rings. The van der Waals surface area contributed by atoms with Crippen molar-refractivity contribution in [3.63, 3.8) is 0 Å². The maximum absolute atomic E-state index is 7.95. The molecule has 0 saturated heterocycles. The number of rotatable bonds is 20. The van der Waals surface area contributed by atoms with Gasteiger partial charge in [-0.25, -0.2) is 10.1 Å². The molecule has 0 atom stereocenters. The van der Waals surface area contributed by atoms with Gasteiger partial charge in [0.25, 0.3) is 0 Å². The molecule has 0 radical (unpaired) electrons. The van der Waals surface area contributed by atoms with Gasteiger partial charge in [-0.15, -0.1) is 0 Å². The van der Waals surface area contributed by atoms with Gasteiger partial charge >= 0.3 is 0 Å². The van der Waals surface area contributed by atoms with Gasteiger partial charge in [-0.05, 0) is 47.6 Å². The van der Waals surface area contributed by atoms with Crippen molar-refractivity contribution in [2.45, 2.75) is 124 Å². The van der Waals surface area contributed by atoms with E-state index in [0.717, 1.165) is 12.8 Å². The van der Waals surface area contributed by atoms with Crippen molar-refractivity contribution in [2.24, 2.45) is 5.41 Å². The number of hydrogen-bond donors (Lipinski definition) is 1. The van der Waals surface area contributed by atoms with Gasteiger partial charge in [0, 0.05) is 0 Å². The smallest absolute Gasteiger partial charge is 0.0854 e. The zero-order chi connectivity index (χ0) is 18.6. The van der Waals surface area contributed by atoms with Crippen LogP contribution in [-0.4, -0.2) is 11.9 Å². The van der Waals surface area contributed by atoms with Crippen molar-refractivity contribution < 1.29 is 20.2 Å². The van der Waals surface area contributed by atoms with E-state index < -0.39 is 0 Å². The minimum Gasteiger partial charge on any atom is -0.219 e. The summed E-state index contributed by atoms with van der Waals surface area (Å²) in [5.41, 5.74) is 0.623. The average molecular weight is 361 g/mol. The van der Waals surface area contributed by atoms with Crippen LogP contribution in [-0.2, 0) is 15.0 Å². The summed E-state index contributed by atoms with van der Waals surface area (Å²) in [6.07, 6.45) is 21.3. The van der Waals surface area contributed by atoms with Gasteiger partial charge in [-0.2, -0.15) is 0 Å². The Hall–Kier alpha value is -0.160. The molecule has 0 spiro atoms. The van der Waals surface area contributed by atoms with E-state index in [9.17, 15) is 0 Å². The van der Waals surface area contributed by atoms with E-state index in [1.54, 1.807) is 0 Å². The molecule has 4 heteroatoms. The lowest BCUT2D eigenvalue weighted by molar-refractivity contribution is -0.623. The predicted molar refractivity (Wildman–Crippen MR) is 104 cm³/mol. The Morgan fingerprint density at radius 2 is 1.04 bits per heavy atom. The zero-order valence-corrected chi connectivity index (χ0v) is 17.2. The molecule has 0 aliphatic heterocycles.